The van der Waals surface area contributed by atoms with E-state index in [0.717, 1.165) is 16.1 Å². The average molecular weight is 301 g/mol. The maximum absolute atomic E-state index is 6.15. The van der Waals surface area contributed by atoms with Crippen molar-refractivity contribution >= 4 is 34.8 Å². The highest BCUT2D eigenvalue weighted by atomic mass is 35.5. The molecule has 1 atom stereocenters. The number of hydrogen-bond acceptors (Lipinski definition) is 1. The van der Waals surface area contributed by atoms with Crippen LogP contribution in [0, 0.1) is 0 Å². The lowest BCUT2D eigenvalue weighted by molar-refractivity contribution is 0.722. The first-order chi connectivity index (χ1) is 8.58. The van der Waals surface area contributed by atoms with Gasteiger partial charge in [0.2, 0.25) is 0 Å². The smallest absolute Gasteiger partial charge is 0.0595 e. The summed E-state index contributed by atoms with van der Waals surface area (Å²) >= 11 is 18.0. The van der Waals surface area contributed by atoms with Crippen LogP contribution in [0.2, 0.25) is 15.1 Å². The molecule has 0 saturated heterocycles. The van der Waals surface area contributed by atoms with Crippen molar-refractivity contribution in [1.82, 2.24) is 0 Å². The largest absolute Gasteiger partial charge is 0.324 e. The number of hydrogen-bond donors (Lipinski definition) is 1. The van der Waals surface area contributed by atoms with E-state index in [0.29, 0.717) is 16.5 Å². The Kier molecular flexibility index (Phi) is 4.52. The third-order valence-electron chi connectivity index (χ3n) is 2.77. The van der Waals surface area contributed by atoms with Crippen LogP contribution in [-0.2, 0) is 6.42 Å². The molecular formula is C14H12Cl3N. The summed E-state index contributed by atoms with van der Waals surface area (Å²) in [6.45, 7) is 0. The molecule has 0 aliphatic heterocycles. The number of halogens is 3. The van der Waals surface area contributed by atoms with Gasteiger partial charge in [-0.2, -0.15) is 0 Å². The summed E-state index contributed by atoms with van der Waals surface area (Å²) in [5, 5.41) is 1.78. The molecule has 0 amide bonds. The molecular weight excluding hydrogens is 289 g/mol. The lowest BCUT2D eigenvalue weighted by atomic mass is 10.00. The Balaban J connectivity index is 2.19. The Morgan fingerprint density at radius 2 is 1.61 bits per heavy atom. The Morgan fingerprint density at radius 1 is 0.889 bits per heavy atom. The second kappa shape index (κ2) is 5.94. The van der Waals surface area contributed by atoms with Crippen molar-refractivity contribution in [3.63, 3.8) is 0 Å². The first-order valence-electron chi connectivity index (χ1n) is 5.52. The van der Waals surface area contributed by atoms with E-state index in [2.05, 4.69) is 0 Å². The predicted molar refractivity (Wildman–Crippen MR) is 78.5 cm³/mol. The van der Waals surface area contributed by atoms with Gasteiger partial charge in [-0.1, -0.05) is 59.1 Å². The van der Waals surface area contributed by atoms with Crippen molar-refractivity contribution < 1.29 is 0 Å². The van der Waals surface area contributed by atoms with E-state index < -0.39 is 0 Å². The van der Waals surface area contributed by atoms with Crippen LogP contribution in [0.4, 0.5) is 0 Å². The van der Waals surface area contributed by atoms with E-state index >= 15 is 0 Å². The minimum atomic E-state index is -0.153. The van der Waals surface area contributed by atoms with E-state index in [4.69, 9.17) is 40.5 Å². The summed E-state index contributed by atoms with van der Waals surface area (Å²) < 4.78 is 0. The summed E-state index contributed by atoms with van der Waals surface area (Å²) in [7, 11) is 0. The fraction of sp³-hybridized carbons (Fsp3) is 0.143. The van der Waals surface area contributed by atoms with Gasteiger partial charge < -0.3 is 5.73 Å². The van der Waals surface area contributed by atoms with Gasteiger partial charge in [0, 0.05) is 11.1 Å². The summed E-state index contributed by atoms with van der Waals surface area (Å²) in [6, 6.07) is 13.0. The van der Waals surface area contributed by atoms with Crippen LogP contribution in [-0.4, -0.2) is 0 Å². The first kappa shape index (κ1) is 13.7. The van der Waals surface area contributed by atoms with Gasteiger partial charge in [-0.3, -0.25) is 0 Å². The minimum absolute atomic E-state index is 0.153. The third-order valence-corrected chi connectivity index (χ3v) is 3.88. The number of nitrogens with two attached hydrogens (primary N) is 1. The van der Waals surface area contributed by atoms with Gasteiger partial charge in [-0.15, -0.1) is 0 Å². The first-order valence-corrected chi connectivity index (χ1v) is 6.65. The molecule has 94 valence electrons. The maximum Gasteiger partial charge on any atom is 0.0595 e. The molecule has 4 heteroatoms. The molecule has 18 heavy (non-hydrogen) atoms. The summed E-state index contributed by atoms with van der Waals surface area (Å²) in [4.78, 5) is 0. The molecule has 0 bridgehead atoms. The molecule has 0 aliphatic carbocycles. The highest BCUT2D eigenvalue weighted by Gasteiger charge is 2.10. The molecule has 0 fully saturated rings. The standard InChI is InChI=1S/C14H12Cl3N/c15-11-4-2-1-3-9(11)8-14(18)10-5-6-12(16)13(17)7-10/h1-7,14H,8,18H2. The molecule has 0 radical (unpaired) electrons. The molecule has 1 unspecified atom stereocenters. The van der Waals surface area contributed by atoms with Gasteiger partial charge in [0.15, 0.2) is 0 Å². The SMILES string of the molecule is NC(Cc1ccccc1Cl)c1ccc(Cl)c(Cl)c1. The average Bonchev–Trinajstić information content (AvgIpc) is 2.35. The van der Waals surface area contributed by atoms with Crippen LogP contribution < -0.4 is 5.73 Å². The van der Waals surface area contributed by atoms with Gasteiger partial charge in [0.05, 0.1) is 10.0 Å². The monoisotopic (exact) mass is 299 g/mol. The molecule has 0 saturated carbocycles. The van der Waals surface area contributed by atoms with Crippen molar-refractivity contribution in [2.45, 2.75) is 12.5 Å². The van der Waals surface area contributed by atoms with Crippen molar-refractivity contribution in [2.75, 3.05) is 0 Å². The quantitative estimate of drug-likeness (QED) is 0.858. The Labute approximate surface area is 121 Å². The van der Waals surface area contributed by atoms with Crippen LogP contribution in [0.25, 0.3) is 0 Å². The molecule has 2 aromatic carbocycles. The molecule has 2 N–H and O–H groups in total. The van der Waals surface area contributed by atoms with Crippen molar-refractivity contribution in [3.8, 4) is 0 Å². The second-order valence-corrected chi connectivity index (χ2v) is 5.30. The fourth-order valence-electron chi connectivity index (χ4n) is 1.76. The second-order valence-electron chi connectivity index (χ2n) is 4.08. The van der Waals surface area contributed by atoms with Gasteiger partial charge in [0.25, 0.3) is 0 Å². The van der Waals surface area contributed by atoms with Crippen molar-refractivity contribution in [3.05, 3.63) is 68.7 Å². The van der Waals surface area contributed by atoms with Gasteiger partial charge in [-0.25, -0.2) is 0 Å². The minimum Gasteiger partial charge on any atom is -0.324 e. The van der Waals surface area contributed by atoms with Gasteiger partial charge >= 0.3 is 0 Å². The van der Waals surface area contributed by atoms with E-state index in [-0.39, 0.29) is 6.04 Å². The number of benzene rings is 2. The van der Waals surface area contributed by atoms with Crippen molar-refractivity contribution in [1.29, 1.82) is 0 Å². The summed E-state index contributed by atoms with van der Waals surface area (Å²) in [5.41, 5.74) is 8.13. The molecule has 0 aromatic heterocycles. The zero-order valence-corrected chi connectivity index (χ0v) is 11.8. The molecule has 0 heterocycles. The van der Waals surface area contributed by atoms with E-state index in [1.807, 2.05) is 30.3 Å². The normalized spacial score (nSPS) is 12.4. The molecule has 0 spiro atoms. The van der Waals surface area contributed by atoms with Gasteiger partial charge in [-0.05, 0) is 35.7 Å². The van der Waals surface area contributed by atoms with E-state index in [9.17, 15) is 0 Å². The molecule has 0 aliphatic rings. The lowest BCUT2D eigenvalue weighted by Gasteiger charge is -2.14. The fourth-order valence-corrected chi connectivity index (χ4v) is 2.28. The summed E-state index contributed by atoms with van der Waals surface area (Å²) in [6.07, 6.45) is 0.664. The zero-order chi connectivity index (χ0) is 13.1. The third kappa shape index (κ3) is 3.18. The predicted octanol–water partition coefficient (Wildman–Crippen LogP) is 4.89. The highest BCUT2D eigenvalue weighted by molar-refractivity contribution is 6.42. The van der Waals surface area contributed by atoms with Crippen LogP contribution in [0.15, 0.2) is 42.5 Å². The van der Waals surface area contributed by atoms with E-state index in [1.165, 1.54) is 0 Å². The van der Waals surface area contributed by atoms with Crippen molar-refractivity contribution in [2.24, 2.45) is 5.73 Å². The summed E-state index contributed by atoms with van der Waals surface area (Å²) in [5.74, 6) is 0. The molecule has 2 aromatic rings. The topological polar surface area (TPSA) is 26.0 Å². The van der Waals surface area contributed by atoms with Crippen LogP contribution in [0.3, 0.4) is 0 Å². The molecule has 1 nitrogen and oxygen atoms in total. The Hall–Kier alpha value is -0.730. The zero-order valence-electron chi connectivity index (χ0n) is 9.54. The Bertz CT molecular complexity index is 554. The van der Waals surface area contributed by atoms with Crippen LogP contribution >= 0.6 is 34.8 Å². The van der Waals surface area contributed by atoms with Crippen LogP contribution in [0.5, 0.6) is 0 Å². The highest BCUT2D eigenvalue weighted by Crippen LogP contribution is 2.27. The molecule has 2 rings (SSSR count). The number of rotatable bonds is 3. The lowest BCUT2D eigenvalue weighted by Crippen LogP contribution is -2.13. The van der Waals surface area contributed by atoms with Gasteiger partial charge in [0.1, 0.15) is 0 Å². The maximum atomic E-state index is 6.15. The van der Waals surface area contributed by atoms with E-state index in [1.54, 1.807) is 12.1 Å². The Morgan fingerprint density at radius 3 is 2.28 bits per heavy atom. The van der Waals surface area contributed by atoms with Crippen LogP contribution in [0.1, 0.15) is 17.2 Å².